The lowest BCUT2D eigenvalue weighted by molar-refractivity contribution is -0.137. The molecule has 0 spiro atoms. The van der Waals surface area contributed by atoms with E-state index in [2.05, 4.69) is 28.3 Å². The number of carboxylic acids is 1. The highest BCUT2D eigenvalue weighted by atomic mass is 19.1. The fourth-order valence-electron chi connectivity index (χ4n) is 5.39. The fourth-order valence-corrected chi connectivity index (χ4v) is 5.39. The Balaban J connectivity index is 1.46. The summed E-state index contributed by atoms with van der Waals surface area (Å²) in [7, 11) is 4.03. The number of likely N-dealkylation sites (tertiary alicyclic amines) is 1. The molecule has 0 saturated carbocycles. The van der Waals surface area contributed by atoms with Gasteiger partial charge in [-0.1, -0.05) is 48.5 Å². The van der Waals surface area contributed by atoms with Gasteiger partial charge in [0.2, 0.25) is 5.95 Å². The predicted octanol–water partition coefficient (Wildman–Crippen LogP) is 5.60. The number of nitriles is 1. The molecule has 1 aliphatic heterocycles. The van der Waals surface area contributed by atoms with E-state index < -0.39 is 23.6 Å². The van der Waals surface area contributed by atoms with Crippen molar-refractivity contribution in [1.82, 2.24) is 14.9 Å². The summed E-state index contributed by atoms with van der Waals surface area (Å²) in [4.78, 5) is 26.2. The summed E-state index contributed by atoms with van der Waals surface area (Å²) in [6.45, 7) is 1.91. The van der Waals surface area contributed by atoms with Crippen LogP contribution in [0.1, 0.15) is 24.0 Å². The van der Waals surface area contributed by atoms with E-state index in [9.17, 15) is 23.9 Å². The number of carboxylic acid groups (broad SMARTS) is 1. The molecular formula is C33H32F2N6O2. The zero-order valence-electron chi connectivity index (χ0n) is 24.0. The number of hydrogen-bond donors (Lipinski definition) is 2. The SMILES string of the molecule is CN1CCC(N(C)c2ncc(-c3ccccc3C#N)c(N[C@@H](Cc3ccc(-c4c(F)cccc4F)cc3)C(=O)O)n2)CC1. The van der Waals surface area contributed by atoms with Gasteiger partial charge in [0.25, 0.3) is 0 Å². The van der Waals surface area contributed by atoms with Crippen molar-refractivity contribution in [2.75, 3.05) is 37.4 Å². The number of carbonyl (C=O) groups is 1. The van der Waals surface area contributed by atoms with Crippen LogP contribution in [0.25, 0.3) is 22.3 Å². The summed E-state index contributed by atoms with van der Waals surface area (Å²) < 4.78 is 28.6. The Morgan fingerprint density at radius 1 is 1.07 bits per heavy atom. The van der Waals surface area contributed by atoms with Gasteiger partial charge in [-0.05, 0) is 62.3 Å². The molecule has 1 saturated heterocycles. The van der Waals surface area contributed by atoms with Crippen molar-refractivity contribution in [2.24, 2.45) is 0 Å². The van der Waals surface area contributed by atoms with Crippen LogP contribution in [-0.4, -0.2) is 65.2 Å². The lowest BCUT2D eigenvalue weighted by Gasteiger charge is -2.35. The molecule has 43 heavy (non-hydrogen) atoms. The fraction of sp³-hybridized carbons (Fsp3) is 0.273. The second-order valence-electron chi connectivity index (χ2n) is 10.8. The largest absolute Gasteiger partial charge is 0.480 e. The summed E-state index contributed by atoms with van der Waals surface area (Å²) >= 11 is 0. The molecule has 8 nitrogen and oxygen atoms in total. The summed E-state index contributed by atoms with van der Waals surface area (Å²) in [5.74, 6) is -1.70. The molecule has 4 aromatic rings. The maximum Gasteiger partial charge on any atom is 0.326 e. The van der Waals surface area contributed by atoms with Crippen molar-refractivity contribution in [2.45, 2.75) is 31.3 Å². The normalized spacial score (nSPS) is 14.6. The van der Waals surface area contributed by atoms with Gasteiger partial charge in [0.1, 0.15) is 23.5 Å². The third-order valence-corrected chi connectivity index (χ3v) is 7.92. The van der Waals surface area contributed by atoms with E-state index in [1.807, 2.05) is 11.9 Å². The average molecular weight is 583 g/mol. The van der Waals surface area contributed by atoms with E-state index in [0.29, 0.717) is 39.6 Å². The first-order valence-corrected chi connectivity index (χ1v) is 14.1. The van der Waals surface area contributed by atoms with Crippen LogP contribution >= 0.6 is 0 Å². The Morgan fingerprint density at radius 2 is 1.74 bits per heavy atom. The molecule has 5 rings (SSSR count). The maximum atomic E-state index is 14.3. The molecular weight excluding hydrogens is 550 g/mol. The molecule has 1 aromatic heterocycles. The number of anilines is 2. The number of halogens is 2. The number of aliphatic carboxylic acids is 1. The summed E-state index contributed by atoms with van der Waals surface area (Å²) in [5, 5.41) is 23.0. The topological polar surface area (TPSA) is 105 Å². The van der Waals surface area contributed by atoms with Crippen molar-refractivity contribution in [1.29, 1.82) is 5.26 Å². The van der Waals surface area contributed by atoms with Crippen molar-refractivity contribution in [3.05, 3.63) is 95.7 Å². The van der Waals surface area contributed by atoms with Gasteiger partial charge in [-0.25, -0.2) is 18.6 Å². The monoisotopic (exact) mass is 582 g/mol. The molecule has 0 radical (unpaired) electrons. The number of nitrogens with zero attached hydrogens (tertiary/aromatic N) is 5. The number of benzene rings is 3. The van der Waals surface area contributed by atoms with E-state index in [0.717, 1.165) is 25.9 Å². The van der Waals surface area contributed by atoms with E-state index in [1.165, 1.54) is 18.2 Å². The van der Waals surface area contributed by atoms with Gasteiger partial charge in [-0.15, -0.1) is 0 Å². The molecule has 0 unspecified atom stereocenters. The second-order valence-corrected chi connectivity index (χ2v) is 10.8. The molecule has 220 valence electrons. The smallest absolute Gasteiger partial charge is 0.326 e. The van der Waals surface area contributed by atoms with Crippen molar-refractivity contribution in [3.8, 4) is 28.3 Å². The molecule has 0 aliphatic carbocycles. The average Bonchev–Trinajstić information content (AvgIpc) is 3.01. The number of piperidine rings is 1. The Hall–Kier alpha value is -4.88. The molecule has 0 amide bonds. The van der Waals surface area contributed by atoms with Gasteiger partial charge in [-0.3, -0.25) is 0 Å². The van der Waals surface area contributed by atoms with Gasteiger partial charge >= 0.3 is 5.97 Å². The van der Waals surface area contributed by atoms with E-state index >= 15 is 0 Å². The van der Waals surface area contributed by atoms with E-state index in [4.69, 9.17) is 4.98 Å². The predicted molar refractivity (Wildman–Crippen MR) is 162 cm³/mol. The zero-order chi connectivity index (χ0) is 30.5. The lowest BCUT2D eigenvalue weighted by atomic mass is 9.99. The van der Waals surface area contributed by atoms with E-state index in [1.54, 1.807) is 54.7 Å². The highest BCUT2D eigenvalue weighted by Gasteiger charge is 2.26. The molecule has 1 fully saturated rings. The third kappa shape index (κ3) is 6.63. The molecule has 2 N–H and O–H groups in total. The summed E-state index contributed by atoms with van der Waals surface area (Å²) in [5.41, 5.74) is 2.37. The Morgan fingerprint density at radius 3 is 2.40 bits per heavy atom. The third-order valence-electron chi connectivity index (χ3n) is 7.92. The van der Waals surface area contributed by atoms with Crippen LogP contribution in [0, 0.1) is 23.0 Å². The van der Waals surface area contributed by atoms with Crippen LogP contribution in [0.15, 0.2) is 72.9 Å². The van der Waals surface area contributed by atoms with Crippen LogP contribution in [-0.2, 0) is 11.2 Å². The van der Waals surface area contributed by atoms with Gasteiger partial charge in [0, 0.05) is 36.8 Å². The maximum absolute atomic E-state index is 14.3. The lowest BCUT2D eigenvalue weighted by Crippen LogP contribution is -2.42. The number of rotatable bonds is 9. The van der Waals surface area contributed by atoms with Gasteiger partial charge in [0.05, 0.1) is 17.2 Å². The van der Waals surface area contributed by atoms with Crippen LogP contribution in [0.2, 0.25) is 0 Å². The van der Waals surface area contributed by atoms with Crippen LogP contribution in [0.3, 0.4) is 0 Å². The molecule has 1 atom stereocenters. The second kappa shape index (κ2) is 13.0. The molecule has 3 aromatic carbocycles. The Bertz CT molecular complexity index is 1630. The first-order chi connectivity index (χ1) is 20.7. The minimum absolute atomic E-state index is 0.0683. The van der Waals surface area contributed by atoms with Crippen molar-refractivity contribution in [3.63, 3.8) is 0 Å². The number of aromatic nitrogens is 2. The van der Waals surface area contributed by atoms with Gasteiger partial charge < -0.3 is 20.2 Å². The van der Waals surface area contributed by atoms with Gasteiger partial charge in [-0.2, -0.15) is 10.2 Å². The molecule has 1 aliphatic rings. The first-order valence-electron chi connectivity index (χ1n) is 14.1. The van der Waals surface area contributed by atoms with Crippen LogP contribution in [0.4, 0.5) is 20.5 Å². The van der Waals surface area contributed by atoms with Crippen molar-refractivity contribution >= 4 is 17.7 Å². The quantitative estimate of drug-likeness (QED) is 0.263. The minimum Gasteiger partial charge on any atom is -0.480 e. The molecule has 10 heteroatoms. The zero-order valence-corrected chi connectivity index (χ0v) is 24.0. The first kappa shape index (κ1) is 29.6. The van der Waals surface area contributed by atoms with Crippen LogP contribution < -0.4 is 10.2 Å². The number of nitrogens with one attached hydrogen (secondary N) is 1. The molecule has 0 bridgehead atoms. The number of hydrogen-bond acceptors (Lipinski definition) is 7. The molecule has 2 heterocycles. The minimum atomic E-state index is -1.10. The standard InChI is InChI=1S/C33H32F2N6O2/c1-40-16-14-24(15-17-40)41(2)33-37-20-26(25-7-4-3-6-23(25)19-36)31(39-33)38-29(32(42)43)18-21-10-12-22(13-11-21)30-27(34)8-5-9-28(30)35/h3-13,20,24,29H,14-18H2,1-2H3,(H,42,43)(H,37,38,39)/t29-/m0/s1. The highest BCUT2D eigenvalue weighted by molar-refractivity contribution is 5.84. The highest BCUT2D eigenvalue weighted by Crippen LogP contribution is 2.32. The Kier molecular flexibility index (Phi) is 8.93. The Labute approximate surface area is 249 Å². The van der Waals surface area contributed by atoms with Gasteiger partial charge in [0.15, 0.2) is 0 Å². The summed E-state index contributed by atoms with van der Waals surface area (Å²) in [6, 6.07) is 18.5. The van der Waals surface area contributed by atoms with Crippen LogP contribution in [0.5, 0.6) is 0 Å². The van der Waals surface area contributed by atoms with Crippen molar-refractivity contribution < 1.29 is 18.7 Å². The summed E-state index contributed by atoms with van der Waals surface area (Å²) in [6.07, 6.45) is 3.59. The van der Waals surface area contributed by atoms with E-state index in [-0.39, 0.29) is 18.0 Å².